The Hall–Kier alpha value is -2.35. The molecule has 1 saturated heterocycles. The molecule has 1 aromatic carbocycles. The Kier molecular flexibility index (Phi) is 3.06. The average molecular weight is 229 g/mol. The third-order valence-electron chi connectivity index (χ3n) is 2.53. The number of benzene rings is 1. The first kappa shape index (κ1) is 11.1. The van der Waals surface area contributed by atoms with Gasteiger partial charge in [0.2, 0.25) is 11.8 Å². The maximum Gasteiger partial charge on any atom is 0.246 e. The number of carbonyl (C=O) groups excluding carboxylic acids is 2. The second kappa shape index (κ2) is 4.66. The van der Waals surface area contributed by atoms with Crippen LogP contribution in [0.1, 0.15) is 5.56 Å². The Morgan fingerprint density at radius 1 is 1.18 bits per heavy atom. The van der Waals surface area contributed by atoms with E-state index in [4.69, 9.17) is 5.26 Å². The van der Waals surface area contributed by atoms with E-state index in [1.807, 2.05) is 24.3 Å². The van der Waals surface area contributed by atoms with Crippen molar-refractivity contribution in [3.8, 4) is 6.07 Å². The molecule has 0 saturated carbocycles. The van der Waals surface area contributed by atoms with Crippen molar-refractivity contribution in [2.75, 3.05) is 18.0 Å². The molecular formula is C12H11N3O2. The van der Waals surface area contributed by atoms with E-state index in [1.165, 1.54) is 0 Å². The summed E-state index contributed by atoms with van der Waals surface area (Å²) in [4.78, 5) is 24.1. The van der Waals surface area contributed by atoms with Crippen LogP contribution in [0.3, 0.4) is 0 Å². The molecule has 0 radical (unpaired) electrons. The number of carbonyl (C=O) groups is 2. The third-order valence-corrected chi connectivity index (χ3v) is 2.53. The SMILES string of the molecule is N#CCc1ccc(N2CC(=O)NC(=O)C2)cc1. The fourth-order valence-electron chi connectivity index (χ4n) is 1.74. The van der Waals surface area contributed by atoms with Crippen molar-refractivity contribution in [3.05, 3.63) is 29.8 Å². The zero-order valence-electron chi connectivity index (χ0n) is 9.14. The smallest absolute Gasteiger partial charge is 0.246 e. The summed E-state index contributed by atoms with van der Waals surface area (Å²) in [7, 11) is 0. The number of nitrogens with one attached hydrogen (secondary N) is 1. The first-order chi connectivity index (χ1) is 8.19. The number of nitrogens with zero attached hydrogens (tertiary/aromatic N) is 2. The molecule has 86 valence electrons. The molecule has 5 heteroatoms. The minimum atomic E-state index is -0.289. The van der Waals surface area contributed by atoms with Gasteiger partial charge in [-0.15, -0.1) is 0 Å². The van der Waals surface area contributed by atoms with Crippen molar-refractivity contribution in [1.82, 2.24) is 5.32 Å². The number of anilines is 1. The third kappa shape index (κ3) is 2.61. The molecule has 0 bridgehead atoms. The van der Waals surface area contributed by atoms with Crippen molar-refractivity contribution < 1.29 is 9.59 Å². The number of rotatable bonds is 2. The van der Waals surface area contributed by atoms with E-state index in [1.54, 1.807) is 4.90 Å². The second-order valence-corrected chi connectivity index (χ2v) is 3.83. The Bertz CT molecular complexity index is 471. The molecule has 0 aromatic heterocycles. The summed E-state index contributed by atoms with van der Waals surface area (Å²) in [5.74, 6) is -0.579. The van der Waals surface area contributed by atoms with Gasteiger partial charge in [-0.25, -0.2) is 0 Å². The maximum absolute atomic E-state index is 11.2. The van der Waals surface area contributed by atoms with Crippen LogP contribution < -0.4 is 10.2 Å². The minimum Gasteiger partial charge on any atom is -0.353 e. The summed E-state index contributed by atoms with van der Waals surface area (Å²) in [5, 5.41) is 10.8. The standard InChI is InChI=1S/C12H11N3O2/c13-6-5-9-1-3-10(4-2-9)15-7-11(16)14-12(17)8-15/h1-4H,5,7-8H2,(H,14,16,17). The van der Waals surface area contributed by atoms with E-state index < -0.39 is 0 Å². The summed E-state index contributed by atoms with van der Waals surface area (Å²) in [5.41, 5.74) is 1.74. The van der Waals surface area contributed by atoms with Gasteiger partial charge in [-0.2, -0.15) is 5.26 Å². The van der Waals surface area contributed by atoms with Crippen LogP contribution in [-0.4, -0.2) is 24.9 Å². The van der Waals surface area contributed by atoms with Gasteiger partial charge in [0, 0.05) is 5.69 Å². The van der Waals surface area contributed by atoms with Gasteiger partial charge in [0.25, 0.3) is 0 Å². The highest BCUT2D eigenvalue weighted by Gasteiger charge is 2.22. The van der Waals surface area contributed by atoms with Crippen molar-refractivity contribution in [3.63, 3.8) is 0 Å². The molecular weight excluding hydrogens is 218 g/mol. The van der Waals surface area contributed by atoms with E-state index in [9.17, 15) is 9.59 Å². The summed E-state index contributed by atoms with van der Waals surface area (Å²) in [6, 6.07) is 9.36. The average Bonchev–Trinajstić information content (AvgIpc) is 2.29. The van der Waals surface area contributed by atoms with Crippen molar-refractivity contribution >= 4 is 17.5 Å². The van der Waals surface area contributed by atoms with Crippen LogP contribution in [0.15, 0.2) is 24.3 Å². The molecule has 1 fully saturated rings. The Morgan fingerprint density at radius 2 is 1.76 bits per heavy atom. The maximum atomic E-state index is 11.2. The first-order valence-electron chi connectivity index (χ1n) is 5.22. The van der Waals surface area contributed by atoms with Crippen LogP contribution >= 0.6 is 0 Å². The first-order valence-corrected chi connectivity index (χ1v) is 5.22. The number of hydrogen-bond acceptors (Lipinski definition) is 4. The van der Waals surface area contributed by atoms with Gasteiger partial charge in [0.15, 0.2) is 0 Å². The molecule has 2 rings (SSSR count). The predicted octanol–water partition coefficient (Wildman–Crippen LogP) is 0.215. The van der Waals surface area contributed by atoms with E-state index in [-0.39, 0.29) is 24.9 Å². The van der Waals surface area contributed by atoms with E-state index in [0.29, 0.717) is 6.42 Å². The quantitative estimate of drug-likeness (QED) is 0.736. The fourth-order valence-corrected chi connectivity index (χ4v) is 1.74. The molecule has 1 N–H and O–H groups in total. The molecule has 1 heterocycles. The summed E-state index contributed by atoms with van der Waals surface area (Å²) in [6.07, 6.45) is 0.361. The zero-order valence-corrected chi connectivity index (χ0v) is 9.14. The summed E-state index contributed by atoms with van der Waals surface area (Å²) in [6.45, 7) is 0.368. The molecule has 0 spiro atoms. The summed E-state index contributed by atoms with van der Waals surface area (Å²) >= 11 is 0. The largest absolute Gasteiger partial charge is 0.353 e. The van der Waals surface area contributed by atoms with Gasteiger partial charge >= 0.3 is 0 Å². The number of amides is 2. The van der Waals surface area contributed by atoms with Crippen LogP contribution in [0.2, 0.25) is 0 Å². The Morgan fingerprint density at radius 3 is 2.29 bits per heavy atom. The van der Waals surface area contributed by atoms with Gasteiger partial charge in [-0.3, -0.25) is 14.9 Å². The van der Waals surface area contributed by atoms with Crippen molar-refractivity contribution in [2.45, 2.75) is 6.42 Å². The van der Waals surface area contributed by atoms with E-state index in [2.05, 4.69) is 11.4 Å². The molecule has 0 atom stereocenters. The number of imide groups is 1. The monoisotopic (exact) mass is 229 g/mol. The number of nitriles is 1. The highest BCUT2D eigenvalue weighted by atomic mass is 16.2. The summed E-state index contributed by atoms with van der Waals surface area (Å²) < 4.78 is 0. The molecule has 5 nitrogen and oxygen atoms in total. The van der Waals surface area contributed by atoms with E-state index >= 15 is 0 Å². The van der Waals surface area contributed by atoms with Gasteiger partial charge in [0.1, 0.15) is 0 Å². The van der Waals surface area contributed by atoms with Crippen LogP contribution in [0.25, 0.3) is 0 Å². The molecule has 0 unspecified atom stereocenters. The van der Waals surface area contributed by atoms with Crippen molar-refractivity contribution in [2.24, 2.45) is 0 Å². The number of piperazine rings is 1. The van der Waals surface area contributed by atoms with E-state index in [0.717, 1.165) is 11.3 Å². The Balaban J connectivity index is 2.14. The second-order valence-electron chi connectivity index (χ2n) is 3.83. The molecule has 0 aliphatic carbocycles. The molecule has 17 heavy (non-hydrogen) atoms. The molecule has 1 aliphatic heterocycles. The van der Waals surface area contributed by atoms with Crippen LogP contribution in [-0.2, 0) is 16.0 Å². The van der Waals surface area contributed by atoms with Gasteiger partial charge < -0.3 is 4.90 Å². The molecule has 1 aromatic rings. The normalized spacial score (nSPS) is 15.4. The van der Waals surface area contributed by atoms with Gasteiger partial charge in [0.05, 0.1) is 25.6 Å². The highest BCUT2D eigenvalue weighted by Crippen LogP contribution is 2.16. The Labute approximate surface area is 98.6 Å². The van der Waals surface area contributed by atoms with Gasteiger partial charge in [-0.1, -0.05) is 12.1 Å². The lowest BCUT2D eigenvalue weighted by Crippen LogP contribution is -2.51. The van der Waals surface area contributed by atoms with Gasteiger partial charge in [-0.05, 0) is 17.7 Å². The minimum absolute atomic E-state index is 0.184. The lowest BCUT2D eigenvalue weighted by molar-refractivity contribution is -0.130. The zero-order chi connectivity index (χ0) is 12.3. The van der Waals surface area contributed by atoms with Crippen LogP contribution in [0.4, 0.5) is 5.69 Å². The molecule has 1 aliphatic rings. The van der Waals surface area contributed by atoms with Crippen LogP contribution in [0.5, 0.6) is 0 Å². The fraction of sp³-hybridized carbons (Fsp3) is 0.250. The van der Waals surface area contributed by atoms with Crippen molar-refractivity contribution in [1.29, 1.82) is 5.26 Å². The predicted molar refractivity (Wildman–Crippen MR) is 61.1 cm³/mol. The lowest BCUT2D eigenvalue weighted by Gasteiger charge is -2.27. The number of hydrogen-bond donors (Lipinski definition) is 1. The highest BCUT2D eigenvalue weighted by molar-refractivity contribution is 6.02. The molecule has 2 amide bonds. The topological polar surface area (TPSA) is 73.2 Å². The van der Waals surface area contributed by atoms with Crippen LogP contribution in [0, 0.1) is 11.3 Å². The lowest BCUT2D eigenvalue weighted by atomic mass is 10.1.